The Morgan fingerprint density at radius 2 is 1.94 bits per heavy atom. The molecule has 0 saturated heterocycles. The summed E-state index contributed by atoms with van der Waals surface area (Å²) in [5, 5.41) is 3.34. The van der Waals surface area contributed by atoms with E-state index in [1.54, 1.807) is 0 Å². The third-order valence-electron chi connectivity index (χ3n) is 2.85. The second-order valence-corrected chi connectivity index (χ2v) is 5.26. The van der Waals surface area contributed by atoms with E-state index in [-0.39, 0.29) is 12.1 Å². The van der Waals surface area contributed by atoms with Gasteiger partial charge in [0.15, 0.2) is 0 Å². The molecule has 1 rings (SSSR count). The minimum Gasteiger partial charge on any atom is -0.489 e. The molecule has 0 spiro atoms. The zero-order chi connectivity index (χ0) is 13.5. The highest BCUT2D eigenvalue weighted by Crippen LogP contribution is 2.17. The third-order valence-corrected chi connectivity index (χ3v) is 2.85. The van der Waals surface area contributed by atoms with E-state index in [9.17, 15) is 0 Å². The fourth-order valence-corrected chi connectivity index (χ4v) is 2.07. The number of rotatable bonds is 7. The summed E-state index contributed by atoms with van der Waals surface area (Å²) in [6.45, 7) is 11.7. The molecule has 0 aliphatic rings. The van der Waals surface area contributed by atoms with Crippen LogP contribution < -0.4 is 10.1 Å². The van der Waals surface area contributed by atoms with Crippen molar-refractivity contribution in [1.29, 1.82) is 0 Å². The molecule has 18 heavy (non-hydrogen) atoms. The summed E-state index contributed by atoms with van der Waals surface area (Å²) >= 11 is 0. The van der Waals surface area contributed by atoms with Gasteiger partial charge in [-0.25, -0.2) is 0 Å². The molecule has 1 heterocycles. The van der Waals surface area contributed by atoms with Crippen LogP contribution >= 0.6 is 0 Å². The van der Waals surface area contributed by atoms with E-state index in [4.69, 9.17) is 4.74 Å². The molecule has 2 unspecified atom stereocenters. The first-order chi connectivity index (χ1) is 8.52. The molecule has 1 aromatic heterocycles. The number of pyridine rings is 1. The average molecular weight is 250 g/mol. The van der Waals surface area contributed by atoms with Crippen molar-refractivity contribution in [2.45, 2.75) is 53.2 Å². The van der Waals surface area contributed by atoms with Gasteiger partial charge in [0.2, 0.25) is 0 Å². The second-order valence-electron chi connectivity index (χ2n) is 5.26. The molecular weight excluding hydrogens is 224 g/mol. The lowest BCUT2D eigenvalue weighted by Crippen LogP contribution is -2.19. The summed E-state index contributed by atoms with van der Waals surface area (Å²) in [4.78, 5) is 4.44. The zero-order valence-electron chi connectivity index (χ0n) is 12.2. The zero-order valence-corrected chi connectivity index (χ0v) is 12.2. The van der Waals surface area contributed by atoms with E-state index in [1.165, 1.54) is 0 Å². The normalized spacial score (nSPS) is 14.6. The van der Waals surface area contributed by atoms with E-state index >= 15 is 0 Å². The van der Waals surface area contributed by atoms with Gasteiger partial charge >= 0.3 is 0 Å². The Bertz CT molecular complexity index is 335. The van der Waals surface area contributed by atoms with Gasteiger partial charge in [0.25, 0.3) is 0 Å². The second kappa shape index (κ2) is 7.37. The molecule has 0 bridgehead atoms. The fraction of sp³-hybridized carbons (Fsp3) is 0.667. The van der Waals surface area contributed by atoms with Crippen LogP contribution in [-0.4, -0.2) is 17.6 Å². The van der Waals surface area contributed by atoms with Gasteiger partial charge in [0.05, 0.1) is 18.0 Å². The number of hydrogen-bond acceptors (Lipinski definition) is 3. The highest BCUT2D eigenvalue weighted by molar-refractivity contribution is 5.21. The van der Waals surface area contributed by atoms with Crippen LogP contribution in [0.2, 0.25) is 0 Å². The average Bonchev–Trinajstić information content (AvgIpc) is 2.29. The Morgan fingerprint density at radius 1 is 1.22 bits per heavy atom. The fourth-order valence-electron chi connectivity index (χ4n) is 2.07. The van der Waals surface area contributed by atoms with Crippen molar-refractivity contribution in [3.63, 3.8) is 0 Å². The first kappa shape index (κ1) is 15.0. The lowest BCUT2D eigenvalue weighted by Gasteiger charge is -2.17. The maximum absolute atomic E-state index is 5.84. The predicted molar refractivity (Wildman–Crippen MR) is 75.9 cm³/mol. The van der Waals surface area contributed by atoms with Crippen molar-refractivity contribution in [2.75, 3.05) is 6.54 Å². The van der Waals surface area contributed by atoms with Crippen molar-refractivity contribution in [3.8, 4) is 5.75 Å². The van der Waals surface area contributed by atoms with E-state index in [1.807, 2.05) is 18.3 Å². The standard InChI is InChI=1S/C15H26N2O/c1-6-16-13(5)15-8-7-14(10-17-15)18-12(4)9-11(2)3/h7-8,10-13,16H,6,9H2,1-5H3. The molecule has 2 atom stereocenters. The number of hydrogen-bond donors (Lipinski definition) is 1. The SMILES string of the molecule is CCNC(C)c1ccc(OC(C)CC(C)C)cn1. The van der Waals surface area contributed by atoms with Crippen molar-refractivity contribution in [1.82, 2.24) is 10.3 Å². The molecule has 0 amide bonds. The summed E-state index contributed by atoms with van der Waals surface area (Å²) in [5.74, 6) is 1.51. The molecule has 0 aromatic carbocycles. The topological polar surface area (TPSA) is 34.1 Å². The van der Waals surface area contributed by atoms with Crippen LogP contribution in [0.25, 0.3) is 0 Å². The largest absolute Gasteiger partial charge is 0.489 e. The number of nitrogens with one attached hydrogen (secondary N) is 1. The van der Waals surface area contributed by atoms with Crippen molar-refractivity contribution in [2.24, 2.45) is 5.92 Å². The van der Waals surface area contributed by atoms with Gasteiger partial charge in [-0.3, -0.25) is 4.98 Å². The summed E-state index contributed by atoms with van der Waals surface area (Å²) in [6.07, 6.45) is 3.12. The highest BCUT2D eigenvalue weighted by Gasteiger charge is 2.08. The smallest absolute Gasteiger partial charge is 0.138 e. The van der Waals surface area contributed by atoms with E-state index < -0.39 is 0 Å². The summed E-state index contributed by atoms with van der Waals surface area (Å²) < 4.78 is 5.84. The molecule has 3 nitrogen and oxygen atoms in total. The van der Waals surface area contributed by atoms with Gasteiger partial charge in [0, 0.05) is 6.04 Å². The Kier molecular flexibility index (Phi) is 6.13. The molecular formula is C15H26N2O. The molecule has 1 N–H and O–H groups in total. The Morgan fingerprint density at radius 3 is 2.44 bits per heavy atom. The van der Waals surface area contributed by atoms with Crippen LogP contribution in [-0.2, 0) is 0 Å². The van der Waals surface area contributed by atoms with E-state index in [0.29, 0.717) is 5.92 Å². The Hall–Kier alpha value is -1.09. The molecule has 0 fully saturated rings. The third kappa shape index (κ3) is 5.05. The summed E-state index contributed by atoms with van der Waals surface area (Å²) in [6, 6.07) is 4.33. The molecule has 1 aromatic rings. The van der Waals surface area contributed by atoms with Crippen molar-refractivity contribution < 1.29 is 4.74 Å². The monoisotopic (exact) mass is 250 g/mol. The Labute approximate surface area is 111 Å². The van der Waals surface area contributed by atoms with Gasteiger partial charge in [0.1, 0.15) is 5.75 Å². The van der Waals surface area contributed by atoms with Gasteiger partial charge in [-0.05, 0) is 44.9 Å². The molecule has 3 heteroatoms. The quantitative estimate of drug-likeness (QED) is 0.803. The van der Waals surface area contributed by atoms with Crippen LogP contribution in [0.15, 0.2) is 18.3 Å². The van der Waals surface area contributed by atoms with Crippen LogP contribution in [0, 0.1) is 5.92 Å². The summed E-state index contributed by atoms with van der Waals surface area (Å²) in [5.41, 5.74) is 1.06. The summed E-state index contributed by atoms with van der Waals surface area (Å²) in [7, 11) is 0. The van der Waals surface area contributed by atoms with Gasteiger partial charge in [-0.15, -0.1) is 0 Å². The van der Waals surface area contributed by atoms with Crippen molar-refractivity contribution >= 4 is 0 Å². The van der Waals surface area contributed by atoms with Crippen LogP contribution in [0.5, 0.6) is 5.75 Å². The highest BCUT2D eigenvalue weighted by atomic mass is 16.5. The predicted octanol–water partition coefficient (Wildman–Crippen LogP) is 3.57. The van der Waals surface area contributed by atoms with E-state index in [0.717, 1.165) is 24.4 Å². The molecule has 0 radical (unpaired) electrons. The molecule has 102 valence electrons. The minimum absolute atomic E-state index is 0.240. The van der Waals surface area contributed by atoms with Crippen LogP contribution in [0.1, 0.15) is 52.8 Å². The van der Waals surface area contributed by atoms with Crippen LogP contribution in [0.4, 0.5) is 0 Å². The van der Waals surface area contributed by atoms with Gasteiger partial charge in [-0.1, -0.05) is 20.8 Å². The lowest BCUT2D eigenvalue weighted by molar-refractivity contribution is 0.192. The maximum atomic E-state index is 5.84. The van der Waals surface area contributed by atoms with Crippen LogP contribution in [0.3, 0.4) is 0 Å². The number of nitrogens with zero attached hydrogens (tertiary/aromatic N) is 1. The molecule has 0 aliphatic carbocycles. The van der Waals surface area contributed by atoms with Gasteiger partial charge < -0.3 is 10.1 Å². The molecule has 0 aliphatic heterocycles. The number of ether oxygens (including phenoxy) is 1. The van der Waals surface area contributed by atoms with Gasteiger partial charge in [-0.2, -0.15) is 0 Å². The minimum atomic E-state index is 0.240. The van der Waals surface area contributed by atoms with E-state index in [2.05, 4.69) is 44.9 Å². The first-order valence-corrected chi connectivity index (χ1v) is 6.88. The maximum Gasteiger partial charge on any atom is 0.138 e. The van der Waals surface area contributed by atoms with Crippen molar-refractivity contribution in [3.05, 3.63) is 24.0 Å². The number of aromatic nitrogens is 1. The lowest BCUT2D eigenvalue weighted by atomic mass is 10.1. The first-order valence-electron chi connectivity index (χ1n) is 6.88. The Balaban J connectivity index is 2.54. The molecule has 0 saturated carbocycles.